The van der Waals surface area contributed by atoms with Crippen molar-refractivity contribution in [2.45, 2.75) is 6.92 Å². The van der Waals surface area contributed by atoms with E-state index in [-0.39, 0.29) is 5.91 Å². The highest BCUT2D eigenvalue weighted by atomic mass is 32.1. The first-order chi connectivity index (χ1) is 13.7. The average molecular weight is 428 g/mol. The summed E-state index contributed by atoms with van der Waals surface area (Å²) in [5, 5.41) is 6.09. The van der Waals surface area contributed by atoms with Crippen LogP contribution >= 0.6 is 34.0 Å². The van der Waals surface area contributed by atoms with Gasteiger partial charge in [0.25, 0.3) is 5.91 Å². The molecule has 0 spiro atoms. The summed E-state index contributed by atoms with van der Waals surface area (Å²) in [6.07, 6.45) is 1.62. The largest absolute Gasteiger partial charge is 0.352 e. The molecule has 4 aromatic heterocycles. The summed E-state index contributed by atoms with van der Waals surface area (Å²) in [4.78, 5) is 33.5. The number of rotatable bonds is 3. The highest BCUT2D eigenvalue weighted by Gasteiger charge is 2.27. The number of aryl methyl sites for hydroxylation is 1. The monoisotopic (exact) mass is 427 g/mol. The lowest BCUT2D eigenvalue weighted by Gasteiger charge is -2.35. The second-order valence-electron chi connectivity index (χ2n) is 6.53. The van der Waals surface area contributed by atoms with E-state index in [2.05, 4.69) is 25.9 Å². The van der Waals surface area contributed by atoms with Crippen molar-refractivity contribution in [2.24, 2.45) is 0 Å². The van der Waals surface area contributed by atoms with E-state index >= 15 is 0 Å². The molecule has 5 rings (SSSR count). The number of nitrogens with zero attached hydrogens (tertiary/aromatic N) is 5. The first-order valence-electron chi connectivity index (χ1n) is 8.94. The van der Waals surface area contributed by atoms with Crippen LogP contribution in [0.5, 0.6) is 0 Å². The molecular weight excluding hydrogens is 410 g/mol. The zero-order valence-corrected chi connectivity index (χ0v) is 17.6. The van der Waals surface area contributed by atoms with Gasteiger partial charge < -0.3 is 9.80 Å². The van der Waals surface area contributed by atoms with Crippen molar-refractivity contribution in [3.8, 4) is 9.88 Å². The molecule has 5 heterocycles. The van der Waals surface area contributed by atoms with E-state index in [0.717, 1.165) is 49.6 Å². The van der Waals surface area contributed by atoms with Gasteiger partial charge >= 0.3 is 0 Å². The third-order valence-electron chi connectivity index (χ3n) is 4.83. The van der Waals surface area contributed by atoms with Gasteiger partial charge in [0.1, 0.15) is 26.9 Å². The second-order valence-corrected chi connectivity index (χ2v) is 9.37. The van der Waals surface area contributed by atoms with E-state index in [4.69, 9.17) is 0 Å². The van der Waals surface area contributed by atoms with Gasteiger partial charge in [0.2, 0.25) is 0 Å². The molecule has 0 saturated carbocycles. The Morgan fingerprint density at radius 2 is 1.93 bits per heavy atom. The first-order valence-corrected chi connectivity index (χ1v) is 11.5. The van der Waals surface area contributed by atoms with E-state index in [9.17, 15) is 4.79 Å². The van der Waals surface area contributed by atoms with Crippen molar-refractivity contribution < 1.29 is 4.79 Å². The fourth-order valence-electron chi connectivity index (χ4n) is 3.39. The second kappa shape index (κ2) is 7.23. The Hall–Kier alpha value is -2.36. The summed E-state index contributed by atoms with van der Waals surface area (Å²) in [5.41, 5.74) is 0.816. The number of carbonyl (C=O) groups is 1. The molecule has 0 bridgehead atoms. The molecule has 142 valence electrons. The summed E-state index contributed by atoms with van der Waals surface area (Å²) in [7, 11) is 0. The highest BCUT2D eigenvalue weighted by Crippen LogP contribution is 2.32. The van der Waals surface area contributed by atoms with Crippen LogP contribution in [0.3, 0.4) is 0 Å². The Balaban J connectivity index is 1.32. The predicted octanol–water partition coefficient (Wildman–Crippen LogP) is 4.15. The minimum Gasteiger partial charge on any atom is -0.352 e. The predicted molar refractivity (Wildman–Crippen MR) is 116 cm³/mol. The summed E-state index contributed by atoms with van der Waals surface area (Å²) in [6.45, 7) is 4.82. The lowest BCUT2D eigenvalue weighted by Crippen LogP contribution is -2.49. The van der Waals surface area contributed by atoms with Gasteiger partial charge in [-0.2, -0.15) is 0 Å². The van der Waals surface area contributed by atoms with Crippen LogP contribution in [-0.4, -0.2) is 51.9 Å². The quantitative estimate of drug-likeness (QED) is 0.492. The van der Waals surface area contributed by atoms with Crippen LogP contribution in [-0.2, 0) is 0 Å². The van der Waals surface area contributed by atoms with Crippen molar-refractivity contribution in [3.63, 3.8) is 0 Å². The number of hydrogen-bond acceptors (Lipinski definition) is 8. The summed E-state index contributed by atoms with van der Waals surface area (Å²) in [6, 6.07) is 6.12. The SMILES string of the molecule is Cc1nc(-c2cccs2)sc1C(=O)N1CCN(c2ncnc3sccc23)CC1. The van der Waals surface area contributed by atoms with Crippen molar-refractivity contribution in [3.05, 3.63) is 45.9 Å². The molecule has 1 aliphatic heterocycles. The van der Waals surface area contributed by atoms with E-state index in [1.165, 1.54) is 11.3 Å². The van der Waals surface area contributed by atoms with Crippen LogP contribution in [0.4, 0.5) is 5.82 Å². The third kappa shape index (κ3) is 3.09. The molecule has 6 nitrogen and oxygen atoms in total. The maximum Gasteiger partial charge on any atom is 0.265 e. The molecule has 0 N–H and O–H groups in total. The molecule has 9 heteroatoms. The van der Waals surface area contributed by atoms with E-state index in [0.29, 0.717) is 13.1 Å². The van der Waals surface area contributed by atoms with Gasteiger partial charge in [0, 0.05) is 26.2 Å². The lowest BCUT2D eigenvalue weighted by atomic mass is 10.2. The topological polar surface area (TPSA) is 62.2 Å². The van der Waals surface area contributed by atoms with Crippen molar-refractivity contribution >= 4 is 56.0 Å². The highest BCUT2D eigenvalue weighted by molar-refractivity contribution is 7.22. The molecule has 1 fully saturated rings. The number of hydrogen-bond donors (Lipinski definition) is 0. The van der Waals surface area contributed by atoms with Crippen LogP contribution in [0.25, 0.3) is 20.1 Å². The van der Waals surface area contributed by atoms with E-state index in [1.54, 1.807) is 29.0 Å². The van der Waals surface area contributed by atoms with Gasteiger partial charge in [0.05, 0.1) is 16.0 Å². The minimum absolute atomic E-state index is 0.0841. The molecule has 1 amide bonds. The van der Waals surface area contributed by atoms with Gasteiger partial charge in [-0.1, -0.05) is 6.07 Å². The van der Waals surface area contributed by atoms with Crippen LogP contribution in [0.1, 0.15) is 15.4 Å². The number of fused-ring (bicyclic) bond motifs is 1. The molecule has 0 aliphatic carbocycles. The maximum absolute atomic E-state index is 13.1. The molecule has 1 saturated heterocycles. The molecule has 28 heavy (non-hydrogen) atoms. The first kappa shape index (κ1) is 17.7. The van der Waals surface area contributed by atoms with Gasteiger partial charge in [-0.25, -0.2) is 15.0 Å². The Morgan fingerprint density at radius 1 is 1.07 bits per heavy atom. The summed E-state index contributed by atoms with van der Waals surface area (Å²) < 4.78 is 0. The number of thiophene rings is 2. The molecule has 4 aromatic rings. The maximum atomic E-state index is 13.1. The van der Waals surface area contributed by atoms with Crippen LogP contribution in [0.15, 0.2) is 35.3 Å². The number of carbonyl (C=O) groups excluding carboxylic acids is 1. The van der Waals surface area contributed by atoms with E-state index < -0.39 is 0 Å². The van der Waals surface area contributed by atoms with Crippen molar-refractivity contribution in [1.29, 1.82) is 0 Å². The molecule has 0 unspecified atom stereocenters. The zero-order valence-electron chi connectivity index (χ0n) is 15.2. The summed E-state index contributed by atoms with van der Waals surface area (Å²) in [5.74, 6) is 1.05. The molecule has 0 radical (unpaired) electrons. The standard InChI is InChI=1S/C19H17N5OS3/c1-12-15(28-18(22-12)14-3-2-9-26-14)19(25)24-7-5-23(6-8-24)16-13-4-10-27-17(13)21-11-20-16/h2-4,9-11H,5-8H2,1H3. The number of aromatic nitrogens is 3. The Kier molecular flexibility index (Phi) is 4.58. The van der Waals surface area contributed by atoms with Crippen molar-refractivity contribution in [2.75, 3.05) is 31.1 Å². The van der Waals surface area contributed by atoms with Crippen LogP contribution < -0.4 is 4.90 Å². The fraction of sp³-hybridized carbons (Fsp3) is 0.263. The third-order valence-corrected chi connectivity index (χ3v) is 7.84. The Bertz CT molecular complexity index is 1130. The normalized spacial score (nSPS) is 14.8. The van der Waals surface area contributed by atoms with Gasteiger partial charge in [-0.05, 0) is 29.8 Å². The molecule has 0 aromatic carbocycles. The molecular formula is C19H17N5OS3. The zero-order chi connectivity index (χ0) is 19.1. The van der Waals surface area contributed by atoms with Gasteiger partial charge in [-0.15, -0.1) is 34.0 Å². The number of anilines is 1. The Morgan fingerprint density at radius 3 is 2.71 bits per heavy atom. The van der Waals surface area contributed by atoms with Gasteiger partial charge in [0.15, 0.2) is 0 Å². The smallest absolute Gasteiger partial charge is 0.265 e. The average Bonchev–Trinajstić information content (AvgIpc) is 3.47. The van der Waals surface area contributed by atoms with Crippen molar-refractivity contribution in [1.82, 2.24) is 19.9 Å². The molecule has 0 atom stereocenters. The van der Waals surface area contributed by atoms with Crippen LogP contribution in [0, 0.1) is 6.92 Å². The van der Waals surface area contributed by atoms with Gasteiger partial charge in [-0.3, -0.25) is 4.79 Å². The fourth-order valence-corrected chi connectivity index (χ4v) is 5.95. The van der Waals surface area contributed by atoms with E-state index in [1.807, 2.05) is 34.7 Å². The molecule has 1 aliphatic rings. The lowest BCUT2D eigenvalue weighted by molar-refractivity contribution is 0.0750. The number of amides is 1. The summed E-state index contributed by atoms with van der Waals surface area (Å²) >= 11 is 4.77. The van der Waals surface area contributed by atoms with Crippen LogP contribution in [0.2, 0.25) is 0 Å². The number of piperazine rings is 1. The number of thiazole rings is 1. The Labute approximate surface area is 174 Å². The minimum atomic E-state index is 0.0841.